The second-order valence-corrected chi connectivity index (χ2v) is 5.20. The summed E-state index contributed by atoms with van der Waals surface area (Å²) in [6.07, 6.45) is 3.69. The Bertz CT molecular complexity index is 409. The summed E-state index contributed by atoms with van der Waals surface area (Å²) < 4.78 is 0. The van der Waals surface area contributed by atoms with Crippen LogP contribution in [0.25, 0.3) is 0 Å². The number of hydrogen-bond donors (Lipinski definition) is 3. The summed E-state index contributed by atoms with van der Waals surface area (Å²) in [5.74, 6) is 2.67. The minimum Gasteiger partial charge on any atom is -0.396 e. The van der Waals surface area contributed by atoms with E-state index in [1.165, 1.54) is 0 Å². The van der Waals surface area contributed by atoms with E-state index in [9.17, 15) is 0 Å². The predicted octanol–water partition coefficient (Wildman–Crippen LogP) is 2.74. The molecule has 0 aliphatic rings. The molecule has 0 radical (unpaired) electrons. The fraction of sp³-hybridized carbons (Fsp3) is 0.733. The van der Waals surface area contributed by atoms with Gasteiger partial charge in [-0.3, -0.25) is 0 Å². The van der Waals surface area contributed by atoms with Gasteiger partial charge in [-0.15, -0.1) is 0 Å². The van der Waals surface area contributed by atoms with Crippen LogP contribution in [-0.4, -0.2) is 34.3 Å². The Morgan fingerprint density at radius 1 is 1.15 bits per heavy atom. The summed E-state index contributed by atoms with van der Waals surface area (Å²) in [5.41, 5.74) is 1.04. The number of nitrogens with zero attached hydrogens (tertiary/aromatic N) is 2. The lowest BCUT2D eigenvalue weighted by Gasteiger charge is -2.18. The van der Waals surface area contributed by atoms with Crippen LogP contribution >= 0.6 is 0 Å². The highest BCUT2D eigenvalue weighted by molar-refractivity contribution is 5.57. The van der Waals surface area contributed by atoms with Crippen LogP contribution in [0.3, 0.4) is 0 Å². The number of aliphatic hydroxyl groups excluding tert-OH is 1. The average molecular weight is 280 g/mol. The Morgan fingerprint density at radius 2 is 1.85 bits per heavy atom. The van der Waals surface area contributed by atoms with Crippen molar-refractivity contribution in [2.75, 3.05) is 23.8 Å². The molecule has 1 heterocycles. The largest absolute Gasteiger partial charge is 0.396 e. The second-order valence-electron chi connectivity index (χ2n) is 5.20. The quantitative estimate of drug-likeness (QED) is 0.649. The van der Waals surface area contributed by atoms with Gasteiger partial charge in [-0.1, -0.05) is 13.8 Å². The van der Waals surface area contributed by atoms with Gasteiger partial charge in [0.15, 0.2) is 0 Å². The zero-order chi connectivity index (χ0) is 15.0. The van der Waals surface area contributed by atoms with Gasteiger partial charge >= 0.3 is 0 Å². The Kier molecular flexibility index (Phi) is 7.30. The molecule has 1 aromatic rings. The lowest BCUT2D eigenvalue weighted by atomic mass is 10.2. The molecule has 1 atom stereocenters. The maximum atomic E-state index is 9.01. The van der Waals surface area contributed by atoms with Crippen LogP contribution < -0.4 is 10.6 Å². The zero-order valence-electron chi connectivity index (χ0n) is 13.2. The molecule has 0 fully saturated rings. The van der Waals surface area contributed by atoms with E-state index in [2.05, 4.69) is 41.4 Å². The summed E-state index contributed by atoms with van der Waals surface area (Å²) >= 11 is 0. The summed E-state index contributed by atoms with van der Waals surface area (Å²) in [6, 6.07) is 0.196. The lowest BCUT2D eigenvalue weighted by molar-refractivity contribution is 0.282. The van der Waals surface area contributed by atoms with Gasteiger partial charge in [-0.05, 0) is 33.1 Å². The second kappa shape index (κ2) is 8.74. The van der Waals surface area contributed by atoms with Crippen LogP contribution in [0.15, 0.2) is 0 Å². The summed E-state index contributed by atoms with van der Waals surface area (Å²) in [7, 11) is 0. The molecule has 0 aliphatic heterocycles. The van der Waals surface area contributed by atoms with Crippen molar-refractivity contribution in [2.45, 2.75) is 59.4 Å². The molecule has 0 amide bonds. The van der Waals surface area contributed by atoms with Crippen molar-refractivity contribution in [3.63, 3.8) is 0 Å². The van der Waals surface area contributed by atoms with Crippen LogP contribution in [0.1, 0.15) is 51.4 Å². The predicted molar refractivity (Wildman–Crippen MR) is 84.3 cm³/mol. The van der Waals surface area contributed by atoms with Crippen LogP contribution in [-0.2, 0) is 6.42 Å². The molecule has 0 saturated carbocycles. The highest BCUT2D eigenvalue weighted by Crippen LogP contribution is 2.21. The molecule has 1 aromatic heterocycles. The van der Waals surface area contributed by atoms with Crippen molar-refractivity contribution in [3.05, 3.63) is 11.4 Å². The molecule has 5 nitrogen and oxygen atoms in total. The molecule has 20 heavy (non-hydrogen) atoms. The topological polar surface area (TPSA) is 70.1 Å². The summed E-state index contributed by atoms with van der Waals surface area (Å²) in [4.78, 5) is 9.21. The first kappa shape index (κ1) is 16.7. The van der Waals surface area contributed by atoms with E-state index in [1.807, 2.05) is 6.92 Å². The molecule has 0 bridgehead atoms. The first-order chi connectivity index (χ1) is 9.62. The van der Waals surface area contributed by atoms with Gasteiger partial charge < -0.3 is 15.7 Å². The molecular formula is C15H28N4O. The van der Waals surface area contributed by atoms with E-state index in [4.69, 9.17) is 5.11 Å². The Labute approximate surface area is 122 Å². The number of anilines is 2. The molecule has 0 aliphatic carbocycles. The number of aliphatic hydroxyl groups is 1. The third-order valence-electron chi connectivity index (χ3n) is 3.15. The summed E-state index contributed by atoms with van der Waals surface area (Å²) in [5, 5.41) is 15.8. The van der Waals surface area contributed by atoms with Crippen molar-refractivity contribution in [3.8, 4) is 0 Å². The summed E-state index contributed by atoms with van der Waals surface area (Å²) in [6.45, 7) is 9.44. The Balaban J connectivity index is 2.97. The van der Waals surface area contributed by atoms with Gasteiger partial charge in [-0.2, -0.15) is 0 Å². The number of nitrogens with one attached hydrogen (secondary N) is 2. The smallest absolute Gasteiger partial charge is 0.134 e. The molecule has 0 aromatic carbocycles. The maximum Gasteiger partial charge on any atom is 0.134 e. The molecule has 0 saturated heterocycles. The van der Waals surface area contributed by atoms with Crippen molar-refractivity contribution >= 4 is 11.6 Å². The maximum absolute atomic E-state index is 9.01. The molecular weight excluding hydrogens is 252 g/mol. The van der Waals surface area contributed by atoms with Crippen molar-refractivity contribution in [2.24, 2.45) is 0 Å². The Hall–Kier alpha value is -1.36. The normalized spacial score (nSPS) is 12.2. The van der Waals surface area contributed by atoms with Gasteiger partial charge in [-0.25, -0.2) is 9.97 Å². The van der Waals surface area contributed by atoms with Crippen molar-refractivity contribution < 1.29 is 5.11 Å². The third kappa shape index (κ3) is 4.96. The third-order valence-corrected chi connectivity index (χ3v) is 3.15. The van der Waals surface area contributed by atoms with Gasteiger partial charge in [0.05, 0.1) is 0 Å². The number of rotatable bonds is 9. The number of hydrogen-bond acceptors (Lipinski definition) is 5. The minimum atomic E-state index is 0.182. The van der Waals surface area contributed by atoms with Crippen LogP contribution in [0.4, 0.5) is 11.6 Å². The average Bonchev–Trinajstić information content (AvgIpc) is 2.41. The van der Waals surface area contributed by atoms with Gasteiger partial charge in [0.25, 0.3) is 0 Å². The van der Waals surface area contributed by atoms with E-state index < -0.39 is 0 Å². The molecule has 5 heteroatoms. The molecule has 0 spiro atoms. The van der Waals surface area contributed by atoms with E-state index >= 15 is 0 Å². The fourth-order valence-corrected chi connectivity index (χ4v) is 1.95. The molecule has 1 rings (SSSR count). The van der Waals surface area contributed by atoms with E-state index in [1.54, 1.807) is 0 Å². The first-order valence-corrected chi connectivity index (χ1v) is 7.61. The van der Waals surface area contributed by atoms with Gasteiger partial charge in [0.2, 0.25) is 0 Å². The number of aryl methyl sites for hydroxylation is 1. The highest BCUT2D eigenvalue weighted by atomic mass is 16.3. The van der Waals surface area contributed by atoms with Gasteiger partial charge in [0, 0.05) is 31.2 Å². The van der Waals surface area contributed by atoms with Crippen molar-refractivity contribution in [1.82, 2.24) is 9.97 Å². The van der Waals surface area contributed by atoms with Crippen molar-refractivity contribution in [1.29, 1.82) is 0 Å². The van der Waals surface area contributed by atoms with Crippen LogP contribution in [0.2, 0.25) is 0 Å². The first-order valence-electron chi connectivity index (χ1n) is 7.61. The Morgan fingerprint density at radius 3 is 2.45 bits per heavy atom. The zero-order valence-corrected chi connectivity index (χ0v) is 13.2. The monoisotopic (exact) mass is 280 g/mol. The van der Waals surface area contributed by atoms with E-state index in [-0.39, 0.29) is 12.6 Å². The van der Waals surface area contributed by atoms with E-state index in [0.29, 0.717) is 6.42 Å². The molecule has 1 unspecified atom stereocenters. The molecule has 114 valence electrons. The van der Waals surface area contributed by atoms with Gasteiger partial charge in [0.1, 0.15) is 17.5 Å². The van der Waals surface area contributed by atoms with Crippen LogP contribution in [0.5, 0.6) is 0 Å². The standard InChI is InChI=1S/C15H28N4O/c1-5-7-13-18-14(16-9-6-2)12(4)15(19-13)17-11(3)8-10-20/h11,20H,5-10H2,1-4H3,(H2,16,17,18,19). The lowest BCUT2D eigenvalue weighted by Crippen LogP contribution is -2.20. The number of aromatic nitrogens is 2. The SMILES string of the molecule is CCCNc1nc(CCC)nc(NC(C)CCO)c1C. The highest BCUT2D eigenvalue weighted by Gasteiger charge is 2.12. The minimum absolute atomic E-state index is 0.182. The van der Waals surface area contributed by atoms with Crippen LogP contribution in [0, 0.1) is 6.92 Å². The molecule has 3 N–H and O–H groups in total. The van der Waals surface area contributed by atoms with E-state index in [0.717, 1.165) is 48.8 Å². The fourth-order valence-electron chi connectivity index (χ4n) is 1.95.